The van der Waals surface area contributed by atoms with Gasteiger partial charge in [-0.2, -0.15) is 0 Å². The molecule has 1 aromatic heterocycles. The maximum Gasteiger partial charge on any atom is 0.328 e. The minimum atomic E-state index is -0.958. The van der Waals surface area contributed by atoms with Gasteiger partial charge < -0.3 is 10.4 Å². The molecule has 6 heteroatoms. The summed E-state index contributed by atoms with van der Waals surface area (Å²) in [5.74, 6) is -0.928. The molecule has 0 radical (unpaired) electrons. The van der Waals surface area contributed by atoms with Crippen LogP contribution in [-0.2, 0) is 16.1 Å². The van der Waals surface area contributed by atoms with Gasteiger partial charge in [-0.25, -0.2) is 4.79 Å². The lowest BCUT2D eigenvalue weighted by molar-refractivity contribution is -0.135. The average molecular weight is 294 g/mol. The molecule has 5 nitrogen and oxygen atoms in total. The highest BCUT2D eigenvalue weighted by molar-refractivity contribution is 7.10. The lowest BCUT2D eigenvalue weighted by Gasteiger charge is -2.41. The Kier molecular flexibility index (Phi) is 4.25. The van der Waals surface area contributed by atoms with E-state index in [0.717, 1.165) is 23.1 Å². The first-order valence-corrected chi connectivity index (χ1v) is 7.30. The molecule has 1 saturated heterocycles. The van der Waals surface area contributed by atoms with Crippen molar-refractivity contribution in [3.63, 3.8) is 0 Å². The first-order chi connectivity index (χ1) is 9.41. The standard InChI is InChI=1S/C14H18N2O3S/c1-14(2)13(19)15-6-7-16(14)9-11-10(5-8-20-11)3-4-12(17)18/h3-5,8H,6-7,9H2,1-2H3,(H,15,19)(H,17,18). The van der Waals surface area contributed by atoms with Crippen LogP contribution in [0.3, 0.4) is 0 Å². The molecule has 0 saturated carbocycles. The van der Waals surface area contributed by atoms with Crippen molar-refractivity contribution in [2.75, 3.05) is 13.1 Å². The van der Waals surface area contributed by atoms with Gasteiger partial charge in [-0.15, -0.1) is 11.3 Å². The van der Waals surface area contributed by atoms with Gasteiger partial charge in [0, 0.05) is 30.6 Å². The highest BCUT2D eigenvalue weighted by Crippen LogP contribution is 2.25. The van der Waals surface area contributed by atoms with Crippen molar-refractivity contribution in [2.45, 2.75) is 25.9 Å². The number of carbonyl (C=O) groups excluding carboxylic acids is 1. The van der Waals surface area contributed by atoms with Crippen LogP contribution < -0.4 is 5.32 Å². The van der Waals surface area contributed by atoms with E-state index in [0.29, 0.717) is 13.1 Å². The van der Waals surface area contributed by atoms with Crippen molar-refractivity contribution in [3.8, 4) is 0 Å². The second kappa shape index (κ2) is 5.76. The van der Waals surface area contributed by atoms with Gasteiger partial charge in [-0.3, -0.25) is 9.69 Å². The van der Waals surface area contributed by atoms with Crippen LogP contribution in [0, 0.1) is 0 Å². The molecular weight excluding hydrogens is 276 g/mol. The van der Waals surface area contributed by atoms with Gasteiger partial charge in [0.2, 0.25) is 5.91 Å². The van der Waals surface area contributed by atoms with Crippen LogP contribution in [-0.4, -0.2) is 40.5 Å². The third-order valence-electron chi connectivity index (χ3n) is 3.53. The fourth-order valence-corrected chi connectivity index (χ4v) is 3.06. The van der Waals surface area contributed by atoms with Crippen LogP contribution in [0.15, 0.2) is 17.5 Å². The van der Waals surface area contributed by atoms with Crippen molar-refractivity contribution >= 4 is 29.3 Å². The van der Waals surface area contributed by atoms with Gasteiger partial charge in [0.1, 0.15) is 0 Å². The molecule has 0 aromatic carbocycles. The number of hydrogen-bond acceptors (Lipinski definition) is 4. The van der Waals surface area contributed by atoms with E-state index in [1.807, 2.05) is 25.3 Å². The molecule has 1 aromatic rings. The molecule has 1 aliphatic heterocycles. The van der Waals surface area contributed by atoms with Gasteiger partial charge >= 0.3 is 5.97 Å². The third-order valence-corrected chi connectivity index (χ3v) is 4.45. The van der Waals surface area contributed by atoms with E-state index in [-0.39, 0.29) is 5.91 Å². The quantitative estimate of drug-likeness (QED) is 0.827. The zero-order valence-electron chi connectivity index (χ0n) is 11.5. The van der Waals surface area contributed by atoms with Crippen LogP contribution >= 0.6 is 11.3 Å². The molecule has 20 heavy (non-hydrogen) atoms. The molecule has 2 heterocycles. The zero-order chi connectivity index (χ0) is 14.8. The van der Waals surface area contributed by atoms with Gasteiger partial charge in [0.05, 0.1) is 5.54 Å². The molecule has 1 amide bonds. The molecule has 2 rings (SSSR count). The molecule has 2 N–H and O–H groups in total. The van der Waals surface area contributed by atoms with Crippen LogP contribution in [0.5, 0.6) is 0 Å². The Morgan fingerprint density at radius 2 is 2.35 bits per heavy atom. The SMILES string of the molecule is CC1(C)C(=O)NCCN1Cc1sccc1C=CC(=O)O. The molecule has 1 fully saturated rings. The summed E-state index contributed by atoms with van der Waals surface area (Å²) in [7, 11) is 0. The number of nitrogens with one attached hydrogen (secondary N) is 1. The number of amides is 1. The zero-order valence-corrected chi connectivity index (χ0v) is 12.4. The number of carboxylic acids is 1. The maximum atomic E-state index is 11.9. The van der Waals surface area contributed by atoms with Crippen molar-refractivity contribution in [2.24, 2.45) is 0 Å². The predicted molar refractivity (Wildman–Crippen MR) is 78.5 cm³/mol. The van der Waals surface area contributed by atoms with Crippen LogP contribution in [0.2, 0.25) is 0 Å². The summed E-state index contributed by atoms with van der Waals surface area (Å²) in [5.41, 5.74) is 0.356. The van der Waals surface area contributed by atoms with Gasteiger partial charge in [0.15, 0.2) is 0 Å². The Hall–Kier alpha value is -1.66. The lowest BCUT2D eigenvalue weighted by atomic mass is 9.98. The van der Waals surface area contributed by atoms with E-state index >= 15 is 0 Å². The second-order valence-electron chi connectivity index (χ2n) is 5.21. The highest BCUT2D eigenvalue weighted by atomic mass is 32.1. The summed E-state index contributed by atoms with van der Waals surface area (Å²) in [6.45, 7) is 5.90. The van der Waals surface area contributed by atoms with Gasteiger partial charge in [-0.05, 0) is 36.9 Å². The van der Waals surface area contributed by atoms with Crippen molar-refractivity contribution < 1.29 is 14.7 Å². The highest BCUT2D eigenvalue weighted by Gasteiger charge is 2.37. The van der Waals surface area contributed by atoms with Gasteiger partial charge in [0.25, 0.3) is 0 Å². The number of rotatable bonds is 4. The average Bonchev–Trinajstić information content (AvgIpc) is 2.80. The summed E-state index contributed by atoms with van der Waals surface area (Å²) in [6.07, 6.45) is 2.74. The minimum Gasteiger partial charge on any atom is -0.478 e. The smallest absolute Gasteiger partial charge is 0.328 e. The molecule has 0 unspecified atom stereocenters. The summed E-state index contributed by atoms with van der Waals surface area (Å²) >= 11 is 1.58. The molecule has 0 spiro atoms. The Balaban J connectivity index is 2.16. The Morgan fingerprint density at radius 1 is 1.60 bits per heavy atom. The van der Waals surface area contributed by atoms with Crippen LogP contribution in [0.1, 0.15) is 24.3 Å². The van der Waals surface area contributed by atoms with E-state index in [1.165, 1.54) is 0 Å². The van der Waals surface area contributed by atoms with E-state index in [9.17, 15) is 9.59 Å². The Labute approximate surface area is 121 Å². The Bertz CT molecular complexity index is 548. The fraction of sp³-hybridized carbons (Fsp3) is 0.429. The normalized spacial score (nSPS) is 19.2. The summed E-state index contributed by atoms with van der Waals surface area (Å²) in [4.78, 5) is 25.7. The van der Waals surface area contributed by atoms with E-state index in [2.05, 4.69) is 10.2 Å². The van der Waals surface area contributed by atoms with E-state index in [4.69, 9.17) is 5.11 Å². The largest absolute Gasteiger partial charge is 0.478 e. The van der Waals surface area contributed by atoms with Gasteiger partial charge in [-0.1, -0.05) is 0 Å². The molecule has 108 valence electrons. The van der Waals surface area contributed by atoms with Crippen molar-refractivity contribution in [1.82, 2.24) is 10.2 Å². The fourth-order valence-electron chi connectivity index (χ4n) is 2.18. The maximum absolute atomic E-state index is 11.9. The van der Waals surface area contributed by atoms with Crippen molar-refractivity contribution in [1.29, 1.82) is 0 Å². The number of carbonyl (C=O) groups is 2. The summed E-state index contributed by atoms with van der Waals surface area (Å²) in [6, 6.07) is 1.90. The monoisotopic (exact) mass is 294 g/mol. The first-order valence-electron chi connectivity index (χ1n) is 6.42. The first kappa shape index (κ1) is 14.7. The minimum absolute atomic E-state index is 0.0305. The van der Waals surface area contributed by atoms with Crippen LogP contribution in [0.4, 0.5) is 0 Å². The number of piperazine rings is 1. The lowest BCUT2D eigenvalue weighted by Crippen LogP contribution is -2.61. The summed E-state index contributed by atoms with van der Waals surface area (Å²) in [5, 5.41) is 13.5. The number of thiophene rings is 1. The second-order valence-corrected chi connectivity index (χ2v) is 6.21. The van der Waals surface area contributed by atoms with Crippen molar-refractivity contribution in [3.05, 3.63) is 28.0 Å². The molecule has 1 aliphatic rings. The third kappa shape index (κ3) is 3.08. The van der Waals surface area contributed by atoms with Crippen LogP contribution in [0.25, 0.3) is 6.08 Å². The Morgan fingerprint density at radius 3 is 3.05 bits per heavy atom. The predicted octanol–water partition coefficient (Wildman–Crippen LogP) is 1.56. The topological polar surface area (TPSA) is 69.6 Å². The number of carboxylic acid groups (broad SMARTS) is 1. The number of hydrogen-bond donors (Lipinski definition) is 2. The number of nitrogens with zero attached hydrogens (tertiary/aromatic N) is 1. The molecular formula is C14H18N2O3S. The van der Waals surface area contributed by atoms with E-state index < -0.39 is 11.5 Å². The summed E-state index contributed by atoms with van der Waals surface area (Å²) < 4.78 is 0. The molecule has 0 aliphatic carbocycles. The molecule has 0 atom stereocenters. The van der Waals surface area contributed by atoms with E-state index in [1.54, 1.807) is 17.4 Å². The number of aliphatic carboxylic acids is 1. The molecule has 0 bridgehead atoms.